The molecule has 3 heterocycles. The van der Waals surface area contributed by atoms with E-state index in [1.807, 2.05) is 22.6 Å². The van der Waals surface area contributed by atoms with Crippen LogP contribution in [0.5, 0.6) is 0 Å². The highest BCUT2D eigenvalue weighted by molar-refractivity contribution is 7.89. The molecule has 1 aromatic heterocycles. The van der Waals surface area contributed by atoms with Crippen LogP contribution in [0.25, 0.3) is 0 Å². The molecule has 2 N–H and O–H groups in total. The molecule has 0 saturated carbocycles. The van der Waals surface area contributed by atoms with Crippen LogP contribution in [-0.2, 0) is 27.8 Å². The Bertz CT molecular complexity index is 1070. The van der Waals surface area contributed by atoms with Gasteiger partial charge in [0.1, 0.15) is 4.90 Å². The first kappa shape index (κ1) is 21.8. The van der Waals surface area contributed by atoms with Gasteiger partial charge in [0.15, 0.2) is 0 Å². The molecule has 0 unspecified atom stereocenters. The summed E-state index contributed by atoms with van der Waals surface area (Å²) in [4.78, 5) is 15.0. The number of carbonyl (C=O) groups is 1. The molecule has 0 radical (unpaired) electrons. The quantitative estimate of drug-likeness (QED) is 0.737. The number of nitrogens with one attached hydrogen (secondary N) is 2. The third-order valence-corrected chi connectivity index (χ3v) is 8.05. The third kappa shape index (κ3) is 4.34. The van der Waals surface area contributed by atoms with Crippen LogP contribution in [0.15, 0.2) is 29.2 Å². The van der Waals surface area contributed by atoms with E-state index in [0.29, 0.717) is 31.6 Å². The fourth-order valence-electron chi connectivity index (χ4n) is 4.74. The second-order valence-electron chi connectivity index (χ2n) is 8.42. The van der Waals surface area contributed by atoms with Crippen LogP contribution in [0.1, 0.15) is 43.1 Å². The summed E-state index contributed by atoms with van der Waals surface area (Å²) in [5.41, 5.74) is 3.96. The highest BCUT2D eigenvalue weighted by Gasteiger charge is 2.35. The molecular formula is C22H31N5O3S. The van der Waals surface area contributed by atoms with Gasteiger partial charge in [-0.1, -0.05) is 12.1 Å². The lowest BCUT2D eigenvalue weighted by Crippen LogP contribution is -2.52. The largest absolute Gasteiger partial charge is 0.368 e. The van der Waals surface area contributed by atoms with Crippen LogP contribution in [0, 0.1) is 19.8 Å². The third-order valence-electron chi connectivity index (χ3n) is 6.55. The fraction of sp³-hybridized carbons (Fsp3) is 0.545. The molecule has 8 nitrogen and oxygen atoms in total. The standard InChI is InChI=1S/C22H31N5O3S/c1-4-27-16(3)18(15(2)24-27)9-10-21(28)26-13-11-17(12-14-26)22-23-19-7-5-6-8-20(19)31(29,30)25-22/h5-8,17,22-23,25H,4,9-14H2,1-3H3/t22-/m1/s1. The number of para-hydroxylation sites is 1. The number of amides is 1. The number of nitrogens with zero attached hydrogens (tertiary/aromatic N) is 3. The van der Waals surface area contributed by atoms with Crippen molar-refractivity contribution in [2.45, 2.75) is 64.1 Å². The van der Waals surface area contributed by atoms with Crippen molar-refractivity contribution in [3.63, 3.8) is 0 Å². The molecule has 1 aromatic carbocycles. The van der Waals surface area contributed by atoms with Gasteiger partial charge in [0.2, 0.25) is 15.9 Å². The Morgan fingerprint density at radius 1 is 1.19 bits per heavy atom. The van der Waals surface area contributed by atoms with E-state index >= 15 is 0 Å². The van der Waals surface area contributed by atoms with E-state index < -0.39 is 10.0 Å². The minimum atomic E-state index is -3.52. The van der Waals surface area contributed by atoms with Crippen LogP contribution >= 0.6 is 0 Å². The predicted octanol–water partition coefficient (Wildman–Crippen LogP) is 2.42. The summed E-state index contributed by atoms with van der Waals surface area (Å²) >= 11 is 0. The zero-order valence-corrected chi connectivity index (χ0v) is 19.2. The fourth-order valence-corrected chi connectivity index (χ4v) is 6.12. The molecule has 1 amide bonds. The number of anilines is 1. The molecule has 4 rings (SSSR count). The second-order valence-corrected chi connectivity index (χ2v) is 10.1. The summed E-state index contributed by atoms with van der Waals surface area (Å²) < 4.78 is 29.9. The normalized spacial score (nSPS) is 20.9. The maximum absolute atomic E-state index is 12.8. The Labute approximate surface area is 184 Å². The number of carbonyl (C=O) groups excluding carboxylic acids is 1. The van der Waals surface area contributed by atoms with Gasteiger partial charge in [-0.2, -0.15) is 9.82 Å². The Kier molecular flexibility index (Phi) is 6.07. The Morgan fingerprint density at radius 3 is 2.58 bits per heavy atom. The number of hydrogen-bond acceptors (Lipinski definition) is 5. The lowest BCUT2D eigenvalue weighted by atomic mass is 9.93. The minimum absolute atomic E-state index is 0.138. The van der Waals surface area contributed by atoms with Gasteiger partial charge in [-0.05, 0) is 63.6 Å². The number of benzene rings is 1. The van der Waals surface area contributed by atoms with Gasteiger partial charge in [-0.3, -0.25) is 9.48 Å². The molecule has 2 aliphatic rings. The van der Waals surface area contributed by atoms with E-state index in [9.17, 15) is 13.2 Å². The summed E-state index contributed by atoms with van der Waals surface area (Å²) in [6.45, 7) is 8.26. The molecule has 1 fully saturated rings. The van der Waals surface area contributed by atoms with E-state index in [0.717, 1.165) is 30.8 Å². The van der Waals surface area contributed by atoms with Gasteiger partial charge in [-0.15, -0.1) is 0 Å². The molecular weight excluding hydrogens is 414 g/mol. The smallest absolute Gasteiger partial charge is 0.244 e. The van der Waals surface area contributed by atoms with Crippen molar-refractivity contribution in [2.24, 2.45) is 5.92 Å². The van der Waals surface area contributed by atoms with Crippen molar-refractivity contribution >= 4 is 21.6 Å². The minimum Gasteiger partial charge on any atom is -0.368 e. The molecule has 2 aromatic rings. The zero-order valence-electron chi connectivity index (χ0n) is 18.4. The summed E-state index contributed by atoms with van der Waals surface area (Å²) in [6, 6.07) is 6.96. The van der Waals surface area contributed by atoms with Gasteiger partial charge >= 0.3 is 0 Å². The van der Waals surface area contributed by atoms with E-state index in [4.69, 9.17) is 0 Å². The van der Waals surface area contributed by atoms with Crippen molar-refractivity contribution in [1.29, 1.82) is 0 Å². The zero-order chi connectivity index (χ0) is 22.2. The van der Waals surface area contributed by atoms with Crippen LogP contribution in [0.4, 0.5) is 5.69 Å². The monoisotopic (exact) mass is 445 g/mol. The summed E-state index contributed by atoms with van der Waals surface area (Å²) in [5.74, 6) is 0.295. The average Bonchev–Trinajstić information content (AvgIpc) is 3.04. The molecule has 31 heavy (non-hydrogen) atoms. The van der Waals surface area contributed by atoms with Crippen molar-refractivity contribution < 1.29 is 13.2 Å². The maximum atomic E-state index is 12.8. The number of likely N-dealkylation sites (tertiary alicyclic amines) is 1. The summed E-state index contributed by atoms with van der Waals surface area (Å²) in [7, 11) is -3.52. The number of fused-ring (bicyclic) bond motifs is 1. The molecule has 1 saturated heterocycles. The Hall–Kier alpha value is -2.39. The van der Waals surface area contributed by atoms with E-state index in [-0.39, 0.29) is 22.9 Å². The van der Waals surface area contributed by atoms with Gasteiger partial charge in [0.05, 0.1) is 17.5 Å². The predicted molar refractivity (Wildman–Crippen MR) is 119 cm³/mol. The number of sulfonamides is 1. The highest BCUT2D eigenvalue weighted by Crippen LogP contribution is 2.31. The van der Waals surface area contributed by atoms with E-state index in [2.05, 4.69) is 29.0 Å². The highest BCUT2D eigenvalue weighted by atomic mass is 32.2. The van der Waals surface area contributed by atoms with Crippen molar-refractivity contribution in [3.8, 4) is 0 Å². The topological polar surface area (TPSA) is 96.3 Å². The molecule has 0 spiro atoms. The van der Waals surface area contributed by atoms with Crippen LogP contribution in [-0.4, -0.2) is 48.3 Å². The lowest BCUT2D eigenvalue weighted by molar-refractivity contribution is -0.132. The number of aromatic nitrogens is 2. The first-order valence-corrected chi connectivity index (χ1v) is 12.5. The average molecular weight is 446 g/mol. The van der Waals surface area contributed by atoms with Crippen molar-refractivity contribution in [2.75, 3.05) is 18.4 Å². The molecule has 0 bridgehead atoms. The molecule has 2 aliphatic heterocycles. The van der Waals surface area contributed by atoms with Crippen LogP contribution in [0.3, 0.4) is 0 Å². The Balaban J connectivity index is 1.33. The van der Waals surface area contributed by atoms with Crippen LogP contribution < -0.4 is 10.0 Å². The molecule has 9 heteroatoms. The van der Waals surface area contributed by atoms with Gasteiger partial charge in [-0.25, -0.2) is 8.42 Å². The second kappa shape index (κ2) is 8.63. The van der Waals surface area contributed by atoms with Crippen molar-refractivity contribution in [1.82, 2.24) is 19.4 Å². The molecule has 0 aliphatic carbocycles. The number of aryl methyl sites for hydroxylation is 2. The number of rotatable bonds is 5. The van der Waals surface area contributed by atoms with Gasteiger partial charge in [0.25, 0.3) is 0 Å². The number of piperidine rings is 1. The lowest BCUT2D eigenvalue weighted by Gasteiger charge is -2.39. The molecule has 168 valence electrons. The van der Waals surface area contributed by atoms with Crippen LogP contribution in [0.2, 0.25) is 0 Å². The summed E-state index contributed by atoms with van der Waals surface area (Å²) in [5, 5.41) is 7.87. The Morgan fingerprint density at radius 2 is 1.90 bits per heavy atom. The van der Waals surface area contributed by atoms with Crippen molar-refractivity contribution in [3.05, 3.63) is 41.2 Å². The number of hydrogen-bond donors (Lipinski definition) is 2. The first-order valence-electron chi connectivity index (χ1n) is 11.0. The summed E-state index contributed by atoms with van der Waals surface area (Å²) in [6.07, 6.45) is 2.36. The molecule has 1 atom stereocenters. The first-order chi connectivity index (χ1) is 14.8. The van der Waals surface area contributed by atoms with E-state index in [1.54, 1.807) is 18.2 Å². The maximum Gasteiger partial charge on any atom is 0.244 e. The van der Waals surface area contributed by atoms with Gasteiger partial charge < -0.3 is 10.2 Å². The van der Waals surface area contributed by atoms with Gasteiger partial charge in [0, 0.05) is 31.7 Å². The SMILES string of the molecule is CCn1nc(C)c(CCC(=O)N2CCC([C@@H]3Nc4ccccc4S(=O)(=O)N3)CC2)c1C. The van der Waals surface area contributed by atoms with E-state index in [1.165, 1.54) is 5.56 Å².